The summed E-state index contributed by atoms with van der Waals surface area (Å²) in [5, 5.41) is 19.0. The molecule has 0 aromatic heterocycles. The van der Waals surface area contributed by atoms with E-state index in [1.54, 1.807) is 12.1 Å². The van der Waals surface area contributed by atoms with Crippen LogP contribution in [0.15, 0.2) is 85.6 Å². The maximum absolute atomic E-state index is 12.1. The number of benzene rings is 4. The molecule has 0 atom stereocenters. The molecule has 3 N–H and O–H groups in total. The van der Waals surface area contributed by atoms with Gasteiger partial charge in [0.2, 0.25) is 0 Å². The summed E-state index contributed by atoms with van der Waals surface area (Å²) in [6, 6.07) is 12.7. The van der Waals surface area contributed by atoms with E-state index in [1.807, 2.05) is 0 Å². The molecular weight excluding hydrogens is 536 g/mol. The van der Waals surface area contributed by atoms with Gasteiger partial charge in [0.15, 0.2) is 5.75 Å². The third-order valence-electron chi connectivity index (χ3n) is 5.21. The minimum absolute atomic E-state index is 0.0286. The Bertz CT molecular complexity index is 1900. The molecule has 0 heterocycles. The Morgan fingerprint density at radius 3 is 1.97 bits per heavy atom. The lowest BCUT2D eigenvalue weighted by molar-refractivity contribution is 0.398. The summed E-state index contributed by atoms with van der Waals surface area (Å²) in [6.45, 7) is 0. The number of phenolic OH excluding ortho intramolecular Hbond substituents is 1. The van der Waals surface area contributed by atoms with Crippen LogP contribution >= 0.6 is 0 Å². The van der Waals surface area contributed by atoms with Crippen molar-refractivity contribution in [1.82, 2.24) is 0 Å². The molecule has 0 unspecified atom stereocenters. The summed E-state index contributed by atoms with van der Waals surface area (Å²) in [7, 11) is -12.7. The van der Waals surface area contributed by atoms with E-state index < -0.39 is 46.7 Å². The Morgan fingerprint density at radius 1 is 0.722 bits per heavy atom. The zero-order valence-electron chi connectivity index (χ0n) is 18.1. The van der Waals surface area contributed by atoms with Crippen LogP contribution in [0.2, 0.25) is 0 Å². The largest absolute Gasteiger partial charge is 0.504 e. The van der Waals surface area contributed by atoms with Gasteiger partial charge in [0.25, 0.3) is 30.4 Å². The lowest BCUT2D eigenvalue weighted by Crippen LogP contribution is -2.03. The van der Waals surface area contributed by atoms with E-state index in [-0.39, 0.29) is 37.0 Å². The molecule has 36 heavy (non-hydrogen) atoms. The number of aromatic hydroxyl groups is 1. The van der Waals surface area contributed by atoms with Crippen molar-refractivity contribution in [2.75, 3.05) is 7.11 Å². The first kappa shape index (κ1) is 25.6. The zero-order chi connectivity index (χ0) is 26.5. The molecule has 0 radical (unpaired) electrons. The number of nitrogens with zero attached hydrogens (tertiary/aromatic N) is 2. The average molecular weight is 553 g/mol. The van der Waals surface area contributed by atoms with E-state index in [1.165, 1.54) is 24.3 Å². The topological polar surface area (TPSA) is 197 Å². The molecule has 0 aliphatic carbocycles. The zero-order valence-corrected chi connectivity index (χ0v) is 20.5. The lowest BCUT2D eigenvalue weighted by atomic mass is 10.1. The van der Waals surface area contributed by atoms with Gasteiger partial charge in [-0.25, -0.2) is 0 Å². The van der Waals surface area contributed by atoms with E-state index in [9.17, 15) is 39.5 Å². The highest BCUT2D eigenvalue weighted by Gasteiger charge is 2.23. The first-order valence-corrected chi connectivity index (χ1v) is 14.0. The number of hydrogen-bond acceptors (Lipinski definition) is 10. The van der Waals surface area contributed by atoms with E-state index in [2.05, 4.69) is 14.4 Å². The molecule has 0 spiro atoms. The highest BCUT2D eigenvalue weighted by atomic mass is 32.2. The maximum atomic E-state index is 12.1. The Morgan fingerprint density at radius 2 is 1.36 bits per heavy atom. The van der Waals surface area contributed by atoms with Gasteiger partial charge >= 0.3 is 0 Å². The number of rotatable bonds is 6. The van der Waals surface area contributed by atoms with Crippen molar-refractivity contribution in [3.05, 3.63) is 60.7 Å². The van der Waals surface area contributed by atoms with Gasteiger partial charge in [-0.15, -0.1) is 10.2 Å². The van der Waals surface area contributed by atoms with Crippen LogP contribution in [0.4, 0.5) is 11.4 Å². The van der Waals surface area contributed by atoms with Crippen LogP contribution in [0, 0.1) is 0 Å². The predicted molar refractivity (Wildman–Crippen MR) is 128 cm³/mol. The van der Waals surface area contributed by atoms with Crippen LogP contribution in [-0.2, 0) is 34.5 Å². The normalized spacial score (nSPS) is 13.1. The third kappa shape index (κ3) is 4.67. The van der Waals surface area contributed by atoms with Crippen LogP contribution < -0.4 is 0 Å². The van der Waals surface area contributed by atoms with E-state index in [0.717, 1.165) is 31.4 Å². The molecule has 0 bridgehead atoms. The van der Waals surface area contributed by atoms with Crippen molar-refractivity contribution < 1.29 is 43.6 Å². The fourth-order valence-corrected chi connectivity index (χ4v) is 5.56. The SMILES string of the molecule is COS(=O)(=O)c1ccc2c(/N=N/c3ccc(S(=O)(=O)O)c4ccccc34)c(O)c(S(=O)(=O)O)cc2c1. The smallest absolute Gasteiger partial charge is 0.298 e. The second-order valence-electron chi connectivity index (χ2n) is 7.35. The fraction of sp³-hybridized carbons (Fsp3) is 0.0476. The van der Waals surface area contributed by atoms with Crippen LogP contribution in [0.3, 0.4) is 0 Å². The van der Waals surface area contributed by atoms with Gasteiger partial charge in [-0.05, 0) is 35.7 Å². The summed E-state index contributed by atoms with van der Waals surface area (Å²) in [5.74, 6) is -0.949. The Hall–Kier alpha value is -3.47. The van der Waals surface area contributed by atoms with E-state index in [4.69, 9.17) is 0 Å². The Labute approximate surface area is 205 Å². The van der Waals surface area contributed by atoms with Crippen molar-refractivity contribution in [2.45, 2.75) is 14.7 Å². The van der Waals surface area contributed by atoms with Gasteiger partial charge in [0, 0.05) is 16.2 Å². The molecule has 188 valence electrons. The maximum Gasteiger partial charge on any atom is 0.298 e. The van der Waals surface area contributed by atoms with E-state index >= 15 is 0 Å². The fourth-order valence-electron chi connectivity index (χ4n) is 3.55. The van der Waals surface area contributed by atoms with Gasteiger partial charge < -0.3 is 5.11 Å². The summed E-state index contributed by atoms with van der Waals surface area (Å²) in [6.07, 6.45) is 0. The molecule has 0 fully saturated rings. The lowest BCUT2D eigenvalue weighted by Gasteiger charge is -2.10. The quantitative estimate of drug-likeness (QED) is 0.179. The minimum Gasteiger partial charge on any atom is -0.504 e. The number of fused-ring (bicyclic) bond motifs is 2. The summed E-state index contributed by atoms with van der Waals surface area (Å²) < 4.78 is 94.8. The van der Waals surface area contributed by atoms with Gasteiger partial charge in [0.05, 0.1) is 17.7 Å². The molecular formula is C21H16N2O10S3. The monoisotopic (exact) mass is 552 g/mol. The van der Waals surface area contributed by atoms with Crippen LogP contribution in [0.1, 0.15) is 0 Å². The van der Waals surface area contributed by atoms with Crippen molar-refractivity contribution in [1.29, 1.82) is 0 Å². The molecule has 4 rings (SSSR count). The molecule has 0 saturated carbocycles. The van der Waals surface area contributed by atoms with Crippen LogP contribution in [-0.4, -0.2) is 46.6 Å². The molecule has 15 heteroatoms. The number of azo groups is 1. The second kappa shape index (κ2) is 8.88. The summed E-state index contributed by atoms with van der Waals surface area (Å²) >= 11 is 0. The highest BCUT2D eigenvalue weighted by molar-refractivity contribution is 7.87. The summed E-state index contributed by atoms with van der Waals surface area (Å²) in [4.78, 5) is -1.63. The summed E-state index contributed by atoms with van der Waals surface area (Å²) in [5.41, 5.74) is -0.314. The molecule has 12 nitrogen and oxygen atoms in total. The molecule has 0 amide bonds. The van der Waals surface area contributed by atoms with Gasteiger partial charge in [0.1, 0.15) is 15.5 Å². The van der Waals surface area contributed by atoms with Gasteiger partial charge in [-0.1, -0.05) is 30.3 Å². The molecule has 0 aliphatic heterocycles. The Balaban J connectivity index is 1.99. The standard InChI is InChI=1S/C21H16N2O10S3/c1-33-36(31,32)13-6-7-14-12(10-13)11-19(35(28,29)30)21(24)20(14)23-22-17-8-9-18(34(25,26)27)16-5-3-2-4-15(16)17/h2-11,24H,1H3,(H,25,26,27)(H,28,29,30)/b23-22+. The molecule has 4 aromatic carbocycles. The van der Waals surface area contributed by atoms with Crippen molar-refractivity contribution >= 4 is 63.3 Å². The molecule has 0 aliphatic rings. The van der Waals surface area contributed by atoms with E-state index in [0.29, 0.717) is 0 Å². The van der Waals surface area contributed by atoms with Crippen molar-refractivity contribution in [2.24, 2.45) is 10.2 Å². The average Bonchev–Trinajstić information content (AvgIpc) is 2.81. The first-order valence-electron chi connectivity index (χ1n) is 9.73. The van der Waals surface area contributed by atoms with Gasteiger partial charge in [-0.3, -0.25) is 13.3 Å². The van der Waals surface area contributed by atoms with Crippen molar-refractivity contribution in [3.8, 4) is 5.75 Å². The molecule has 4 aromatic rings. The van der Waals surface area contributed by atoms with Gasteiger partial charge in [-0.2, -0.15) is 25.3 Å². The second-order valence-corrected chi connectivity index (χ2v) is 11.8. The van der Waals surface area contributed by atoms with Crippen molar-refractivity contribution in [3.63, 3.8) is 0 Å². The highest BCUT2D eigenvalue weighted by Crippen LogP contribution is 2.42. The number of phenols is 1. The predicted octanol–water partition coefficient (Wildman–Crippen LogP) is 3.94. The minimum atomic E-state index is -4.97. The van der Waals surface area contributed by atoms with Crippen LogP contribution in [0.5, 0.6) is 5.75 Å². The third-order valence-corrected chi connectivity index (χ3v) is 8.25. The molecule has 0 saturated heterocycles. The number of hydrogen-bond donors (Lipinski definition) is 3. The Kier molecular flexibility index (Phi) is 6.32. The van der Waals surface area contributed by atoms with Crippen LogP contribution in [0.25, 0.3) is 21.5 Å². The first-order chi connectivity index (χ1) is 16.7.